The molecule has 0 bridgehead atoms. The standard InChI is InChI=1S/C19H25N3O4S/c1-14-18(27(24,25)21-11-6-4-5-7-12-21)15(2)22(20-14)19(23)16-9-8-10-17(13-16)26-3/h8-10,13H,4-7,11-12H2,1-3H3. The Morgan fingerprint density at radius 2 is 1.78 bits per heavy atom. The second-order valence-electron chi connectivity index (χ2n) is 6.77. The topological polar surface area (TPSA) is 81.5 Å². The minimum absolute atomic E-state index is 0.139. The molecule has 0 N–H and O–H groups in total. The molecule has 146 valence electrons. The van der Waals surface area contributed by atoms with E-state index in [1.807, 2.05) is 0 Å². The Hall–Kier alpha value is -2.19. The number of sulfonamides is 1. The average molecular weight is 391 g/mol. The molecule has 0 saturated carbocycles. The number of ether oxygens (including phenoxy) is 1. The smallest absolute Gasteiger partial charge is 0.278 e. The van der Waals surface area contributed by atoms with Gasteiger partial charge in [0, 0.05) is 18.7 Å². The maximum atomic E-state index is 13.2. The van der Waals surface area contributed by atoms with Crippen molar-refractivity contribution in [3.63, 3.8) is 0 Å². The minimum Gasteiger partial charge on any atom is -0.497 e. The molecular weight excluding hydrogens is 366 g/mol. The van der Waals surface area contributed by atoms with Gasteiger partial charge in [-0.3, -0.25) is 4.79 Å². The highest BCUT2D eigenvalue weighted by Crippen LogP contribution is 2.26. The lowest BCUT2D eigenvalue weighted by Gasteiger charge is -2.20. The Morgan fingerprint density at radius 1 is 1.11 bits per heavy atom. The van der Waals surface area contributed by atoms with Crippen LogP contribution in [0.5, 0.6) is 5.75 Å². The summed E-state index contributed by atoms with van der Waals surface area (Å²) in [6.07, 6.45) is 3.79. The van der Waals surface area contributed by atoms with Gasteiger partial charge in [-0.15, -0.1) is 0 Å². The fourth-order valence-electron chi connectivity index (χ4n) is 3.49. The Morgan fingerprint density at radius 3 is 2.41 bits per heavy atom. The summed E-state index contributed by atoms with van der Waals surface area (Å²) >= 11 is 0. The molecule has 0 atom stereocenters. The van der Waals surface area contributed by atoms with Gasteiger partial charge in [0.05, 0.1) is 18.5 Å². The molecular formula is C19H25N3O4S. The maximum Gasteiger partial charge on any atom is 0.278 e. The van der Waals surface area contributed by atoms with Gasteiger partial charge in [-0.2, -0.15) is 14.1 Å². The second kappa shape index (κ2) is 7.82. The van der Waals surface area contributed by atoms with Crippen LogP contribution in [0.15, 0.2) is 29.2 Å². The molecule has 1 fully saturated rings. The minimum atomic E-state index is -3.68. The molecule has 0 spiro atoms. The van der Waals surface area contributed by atoms with Gasteiger partial charge in [-0.05, 0) is 44.9 Å². The zero-order valence-electron chi connectivity index (χ0n) is 15.9. The molecule has 0 radical (unpaired) electrons. The summed E-state index contributed by atoms with van der Waals surface area (Å²) in [7, 11) is -2.15. The summed E-state index contributed by atoms with van der Waals surface area (Å²) in [5, 5.41) is 4.25. The molecule has 3 rings (SSSR count). The number of aromatic nitrogens is 2. The van der Waals surface area contributed by atoms with Gasteiger partial charge < -0.3 is 4.74 Å². The Kier molecular flexibility index (Phi) is 5.67. The van der Waals surface area contributed by atoms with Crippen molar-refractivity contribution in [2.45, 2.75) is 44.4 Å². The van der Waals surface area contributed by atoms with Crippen molar-refractivity contribution in [3.05, 3.63) is 41.2 Å². The van der Waals surface area contributed by atoms with E-state index in [1.165, 1.54) is 16.1 Å². The third-order valence-corrected chi connectivity index (χ3v) is 7.05. The van der Waals surface area contributed by atoms with Crippen LogP contribution in [0, 0.1) is 13.8 Å². The SMILES string of the molecule is COc1cccc(C(=O)n2nc(C)c(S(=O)(=O)N3CCCCCC3)c2C)c1. The lowest BCUT2D eigenvalue weighted by atomic mass is 10.2. The zero-order chi connectivity index (χ0) is 19.6. The molecule has 1 saturated heterocycles. The molecule has 1 aliphatic heterocycles. The molecule has 27 heavy (non-hydrogen) atoms. The normalized spacial score (nSPS) is 16.1. The number of rotatable bonds is 4. The summed E-state index contributed by atoms with van der Waals surface area (Å²) in [6.45, 7) is 4.28. The van der Waals surface area contributed by atoms with Crippen LogP contribution in [0.4, 0.5) is 0 Å². The van der Waals surface area contributed by atoms with Crippen molar-refractivity contribution in [1.29, 1.82) is 0 Å². The number of hydrogen-bond acceptors (Lipinski definition) is 5. The Labute approximate surface area is 160 Å². The van der Waals surface area contributed by atoms with Gasteiger partial charge in [-0.25, -0.2) is 8.42 Å². The largest absolute Gasteiger partial charge is 0.497 e. The molecule has 2 heterocycles. The first-order valence-corrected chi connectivity index (χ1v) is 10.6. The van der Waals surface area contributed by atoms with Crippen LogP contribution in [0.25, 0.3) is 0 Å². The van der Waals surface area contributed by atoms with E-state index >= 15 is 0 Å². The van der Waals surface area contributed by atoms with Crippen molar-refractivity contribution in [2.75, 3.05) is 20.2 Å². The third-order valence-electron chi connectivity index (χ3n) is 4.90. The van der Waals surface area contributed by atoms with Crippen molar-refractivity contribution in [1.82, 2.24) is 14.1 Å². The Balaban J connectivity index is 2.00. The number of nitrogens with zero attached hydrogens (tertiary/aromatic N) is 3. The van der Waals surface area contributed by atoms with E-state index in [0.717, 1.165) is 25.7 Å². The third kappa shape index (κ3) is 3.77. The van der Waals surface area contributed by atoms with E-state index in [9.17, 15) is 13.2 Å². The van der Waals surface area contributed by atoms with Crippen molar-refractivity contribution in [2.24, 2.45) is 0 Å². The predicted molar refractivity (Wildman–Crippen MR) is 102 cm³/mol. The number of methoxy groups -OCH3 is 1. The lowest BCUT2D eigenvalue weighted by Crippen LogP contribution is -2.32. The fourth-order valence-corrected chi connectivity index (χ4v) is 5.36. The van der Waals surface area contributed by atoms with Crippen molar-refractivity contribution >= 4 is 15.9 Å². The van der Waals surface area contributed by atoms with Crippen LogP contribution in [0.1, 0.15) is 47.4 Å². The summed E-state index contributed by atoms with van der Waals surface area (Å²) in [5.74, 6) is 0.173. The second-order valence-corrected chi connectivity index (χ2v) is 8.64. The molecule has 0 aliphatic carbocycles. The molecule has 0 unspecified atom stereocenters. The molecule has 1 aromatic heterocycles. The summed E-state index contributed by atoms with van der Waals surface area (Å²) in [5.41, 5.74) is 1.07. The van der Waals surface area contributed by atoms with Crippen LogP contribution >= 0.6 is 0 Å². The summed E-state index contributed by atoms with van der Waals surface area (Å²) in [6, 6.07) is 6.73. The summed E-state index contributed by atoms with van der Waals surface area (Å²) in [4.78, 5) is 13.0. The van der Waals surface area contributed by atoms with Gasteiger partial charge in [-0.1, -0.05) is 18.9 Å². The van der Waals surface area contributed by atoms with Crippen molar-refractivity contribution in [3.8, 4) is 5.75 Å². The highest BCUT2D eigenvalue weighted by atomic mass is 32.2. The van der Waals surface area contributed by atoms with Gasteiger partial charge in [0.15, 0.2) is 0 Å². The van der Waals surface area contributed by atoms with Gasteiger partial charge in [0.25, 0.3) is 5.91 Å². The van der Waals surface area contributed by atoms with Gasteiger partial charge in [0.2, 0.25) is 10.0 Å². The number of carbonyl (C=O) groups is 1. The number of carbonyl (C=O) groups excluding carboxylic acids is 1. The van der Waals surface area contributed by atoms with E-state index in [0.29, 0.717) is 35.8 Å². The van der Waals surface area contributed by atoms with Crippen LogP contribution in [0.3, 0.4) is 0 Å². The lowest BCUT2D eigenvalue weighted by molar-refractivity contribution is 0.0941. The van der Waals surface area contributed by atoms with Crippen molar-refractivity contribution < 1.29 is 17.9 Å². The average Bonchev–Trinajstić information content (AvgIpc) is 2.84. The van der Waals surface area contributed by atoms with Crippen LogP contribution in [-0.4, -0.2) is 48.6 Å². The Bertz CT molecular complexity index is 942. The molecule has 1 aromatic carbocycles. The van der Waals surface area contributed by atoms with E-state index in [4.69, 9.17) is 4.74 Å². The van der Waals surface area contributed by atoms with E-state index in [-0.39, 0.29) is 10.8 Å². The summed E-state index contributed by atoms with van der Waals surface area (Å²) < 4.78 is 34.3. The van der Waals surface area contributed by atoms with Gasteiger partial charge >= 0.3 is 0 Å². The first-order valence-electron chi connectivity index (χ1n) is 9.11. The monoisotopic (exact) mass is 391 g/mol. The quantitative estimate of drug-likeness (QED) is 0.800. The van der Waals surface area contributed by atoms with E-state index < -0.39 is 10.0 Å². The van der Waals surface area contributed by atoms with Crippen LogP contribution < -0.4 is 4.74 Å². The number of hydrogen-bond donors (Lipinski definition) is 0. The highest BCUT2D eigenvalue weighted by Gasteiger charge is 2.32. The predicted octanol–water partition coefficient (Wildman–Crippen LogP) is 2.76. The molecule has 0 amide bonds. The first-order chi connectivity index (χ1) is 12.9. The fraction of sp³-hybridized carbons (Fsp3) is 0.474. The van der Waals surface area contributed by atoms with E-state index in [2.05, 4.69) is 5.10 Å². The molecule has 7 nitrogen and oxygen atoms in total. The van der Waals surface area contributed by atoms with Crippen LogP contribution in [-0.2, 0) is 10.0 Å². The van der Waals surface area contributed by atoms with E-state index in [1.54, 1.807) is 38.1 Å². The zero-order valence-corrected chi connectivity index (χ0v) is 16.8. The maximum absolute atomic E-state index is 13.2. The number of benzene rings is 1. The molecule has 2 aromatic rings. The first kappa shape index (κ1) is 19.6. The van der Waals surface area contributed by atoms with Gasteiger partial charge in [0.1, 0.15) is 10.6 Å². The molecule has 1 aliphatic rings. The highest BCUT2D eigenvalue weighted by molar-refractivity contribution is 7.89. The number of aryl methyl sites for hydroxylation is 1. The van der Waals surface area contributed by atoms with Crippen LogP contribution in [0.2, 0.25) is 0 Å². The molecule has 8 heteroatoms.